The zero-order valence-corrected chi connectivity index (χ0v) is 15.0. The molecule has 0 aliphatic heterocycles. The fourth-order valence-electron chi connectivity index (χ4n) is 2.33. The van der Waals surface area contributed by atoms with Crippen molar-refractivity contribution in [1.82, 2.24) is 9.97 Å². The van der Waals surface area contributed by atoms with Gasteiger partial charge in [-0.05, 0) is 43.3 Å². The van der Waals surface area contributed by atoms with E-state index < -0.39 is 0 Å². The minimum absolute atomic E-state index is 0.151. The number of aromatic nitrogens is 2. The molecule has 0 aliphatic carbocycles. The molecule has 0 fully saturated rings. The van der Waals surface area contributed by atoms with Gasteiger partial charge in [0, 0.05) is 24.0 Å². The summed E-state index contributed by atoms with van der Waals surface area (Å²) in [7, 11) is 0. The van der Waals surface area contributed by atoms with Gasteiger partial charge in [0.1, 0.15) is 11.5 Å². The Kier molecular flexibility index (Phi) is 5.41. The van der Waals surface area contributed by atoms with Gasteiger partial charge in [-0.15, -0.1) is 0 Å². The second kappa shape index (κ2) is 8.09. The van der Waals surface area contributed by atoms with Crippen LogP contribution in [0, 0.1) is 6.92 Å². The average Bonchev–Trinajstić information content (AvgIpc) is 2.65. The number of hydrogen-bond donors (Lipinski definition) is 3. The number of carbonyl (C=O) groups is 2. The van der Waals surface area contributed by atoms with Crippen LogP contribution in [0.2, 0.25) is 0 Å². The van der Waals surface area contributed by atoms with Crippen molar-refractivity contribution in [3.8, 4) is 0 Å². The molecule has 136 valence electrons. The first-order chi connectivity index (χ1) is 13.0. The van der Waals surface area contributed by atoms with Crippen LogP contribution < -0.4 is 16.0 Å². The second-order valence-electron chi connectivity index (χ2n) is 5.99. The number of hydrogen-bond acceptors (Lipinski definition) is 5. The van der Waals surface area contributed by atoms with E-state index in [9.17, 15) is 9.59 Å². The van der Waals surface area contributed by atoms with Crippen molar-refractivity contribution < 1.29 is 9.59 Å². The van der Waals surface area contributed by atoms with Crippen molar-refractivity contribution in [3.63, 3.8) is 0 Å². The maximum Gasteiger partial charge on any atom is 0.275 e. The highest BCUT2D eigenvalue weighted by atomic mass is 16.2. The van der Waals surface area contributed by atoms with Gasteiger partial charge in [-0.25, -0.2) is 9.97 Å². The predicted molar refractivity (Wildman–Crippen MR) is 105 cm³/mol. The maximum atomic E-state index is 12.3. The van der Waals surface area contributed by atoms with E-state index in [2.05, 4.69) is 25.9 Å². The van der Waals surface area contributed by atoms with Crippen LogP contribution >= 0.6 is 0 Å². The molecule has 0 radical (unpaired) electrons. The molecule has 2 aromatic carbocycles. The molecule has 0 atom stereocenters. The lowest BCUT2D eigenvalue weighted by Gasteiger charge is -2.08. The molecule has 7 heteroatoms. The molecule has 3 aromatic rings. The Morgan fingerprint density at radius 1 is 0.778 bits per heavy atom. The van der Waals surface area contributed by atoms with Gasteiger partial charge in [-0.3, -0.25) is 9.59 Å². The third-order valence-electron chi connectivity index (χ3n) is 3.67. The number of benzene rings is 2. The summed E-state index contributed by atoms with van der Waals surface area (Å²) in [6, 6.07) is 14.7. The molecule has 7 nitrogen and oxygen atoms in total. The third kappa shape index (κ3) is 5.12. The lowest BCUT2D eigenvalue weighted by molar-refractivity contribution is -0.114. The monoisotopic (exact) mass is 361 g/mol. The summed E-state index contributed by atoms with van der Waals surface area (Å²) in [5.41, 5.74) is 3.52. The molecule has 3 N–H and O–H groups in total. The maximum absolute atomic E-state index is 12.3. The number of aryl methyl sites for hydroxylation is 1. The van der Waals surface area contributed by atoms with Gasteiger partial charge >= 0.3 is 0 Å². The van der Waals surface area contributed by atoms with Crippen LogP contribution in [0.25, 0.3) is 0 Å². The summed E-state index contributed by atoms with van der Waals surface area (Å²) in [5, 5.41) is 8.53. The van der Waals surface area contributed by atoms with Crippen LogP contribution in [0.1, 0.15) is 23.0 Å². The number of anilines is 4. The smallest absolute Gasteiger partial charge is 0.275 e. The molecule has 0 unspecified atom stereocenters. The molecule has 0 saturated carbocycles. The highest BCUT2D eigenvalue weighted by molar-refractivity contribution is 6.02. The average molecular weight is 361 g/mol. The third-order valence-corrected chi connectivity index (χ3v) is 3.67. The van der Waals surface area contributed by atoms with Crippen LogP contribution in [0.3, 0.4) is 0 Å². The van der Waals surface area contributed by atoms with Gasteiger partial charge in [-0.1, -0.05) is 17.7 Å². The lowest BCUT2D eigenvalue weighted by atomic mass is 10.2. The van der Waals surface area contributed by atoms with Gasteiger partial charge in [0.25, 0.3) is 5.91 Å². The zero-order valence-electron chi connectivity index (χ0n) is 15.0. The Balaban J connectivity index is 1.61. The molecular formula is C20H19N5O2. The number of nitrogens with zero attached hydrogens (tertiary/aromatic N) is 2. The summed E-state index contributed by atoms with van der Waals surface area (Å²) in [6.07, 6.45) is 2.92. The topological polar surface area (TPSA) is 96.0 Å². The van der Waals surface area contributed by atoms with Gasteiger partial charge < -0.3 is 16.0 Å². The van der Waals surface area contributed by atoms with Crippen LogP contribution in [0.5, 0.6) is 0 Å². The van der Waals surface area contributed by atoms with Gasteiger partial charge in [0.15, 0.2) is 0 Å². The number of amides is 2. The number of rotatable bonds is 5. The van der Waals surface area contributed by atoms with E-state index in [0.29, 0.717) is 17.2 Å². The van der Waals surface area contributed by atoms with Crippen molar-refractivity contribution in [1.29, 1.82) is 0 Å². The first-order valence-corrected chi connectivity index (χ1v) is 8.34. The Labute approximate surface area is 156 Å². The Morgan fingerprint density at radius 2 is 1.37 bits per heavy atom. The predicted octanol–water partition coefficient (Wildman–Crippen LogP) is 3.74. The van der Waals surface area contributed by atoms with E-state index in [4.69, 9.17) is 0 Å². The summed E-state index contributed by atoms with van der Waals surface area (Å²) in [4.78, 5) is 31.7. The molecular weight excluding hydrogens is 342 g/mol. The van der Waals surface area contributed by atoms with E-state index in [1.165, 1.54) is 24.9 Å². The minimum Gasteiger partial charge on any atom is -0.339 e. The van der Waals surface area contributed by atoms with E-state index >= 15 is 0 Å². The van der Waals surface area contributed by atoms with Crippen LogP contribution in [0.15, 0.2) is 60.9 Å². The summed E-state index contributed by atoms with van der Waals surface area (Å²) in [5.74, 6) is 0.0353. The van der Waals surface area contributed by atoms with Crippen LogP contribution in [-0.4, -0.2) is 21.8 Å². The molecule has 0 aliphatic rings. The molecule has 2 amide bonds. The van der Waals surface area contributed by atoms with Crippen molar-refractivity contribution >= 4 is 34.7 Å². The molecule has 0 saturated heterocycles. The molecule has 1 aromatic heterocycles. The van der Waals surface area contributed by atoms with Gasteiger partial charge in [0.05, 0.1) is 12.4 Å². The van der Waals surface area contributed by atoms with Crippen molar-refractivity contribution in [2.45, 2.75) is 13.8 Å². The molecule has 1 heterocycles. The van der Waals surface area contributed by atoms with Crippen LogP contribution in [-0.2, 0) is 4.79 Å². The van der Waals surface area contributed by atoms with Crippen molar-refractivity contribution in [2.24, 2.45) is 0 Å². The SMILES string of the molecule is CC(=O)Nc1ccc(NC(=O)c2cnc(Nc3ccc(C)cc3)cn2)cc1. The van der Waals surface area contributed by atoms with Crippen molar-refractivity contribution in [2.75, 3.05) is 16.0 Å². The minimum atomic E-state index is -0.364. The van der Waals surface area contributed by atoms with Crippen molar-refractivity contribution in [3.05, 3.63) is 72.2 Å². The first kappa shape index (κ1) is 18.1. The van der Waals surface area contributed by atoms with E-state index in [0.717, 1.165) is 5.69 Å². The Bertz CT molecular complexity index is 936. The lowest BCUT2D eigenvalue weighted by Crippen LogP contribution is -2.14. The second-order valence-corrected chi connectivity index (χ2v) is 5.99. The quantitative estimate of drug-likeness (QED) is 0.643. The molecule has 0 bridgehead atoms. The van der Waals surface area contributed by atoms with E-state index in [1.807, 2.05) is 31.2 Å². The number of nitrogens with one attached hydrogen (secondary N) is 3. The summed E-state index contributed by atoms with van der Waals surface area (Å²) < 4.78 is 0. The van der Waals surface area contributed by atoms with Gasteiger partial charge in [0.2, 0.25) is 5.91 Å². The highest BCUT2D eigenvalue weighted by Crippen LogP contribution is 2.16. The van der Waals surface area contributed by atoms with E-state index in [-0.39, 0.29) is 17.5 Å². The molecule has 27 heavy (non-hydrogen) atoms. The Hall–Kier alpha value is -3.74. The largest absolute Gasteiger partial charge is 0.339 e. The fraction of sp³-hybridized carbons (Fsp3) is 0.100. The fourth-order valence-corrected chi connectivity index (χ4v) is 2.33. The molecule has 0 spiro atoms. The Morgan fingerprint density at radius 3 is 1.93 bits per heavy atom. The highest BCUT2D eigenvalue weighted by Gasteiger charge is 2.09. The number of carbonyl (C=O) groups excluding carboxylic acids is 2. The summed E-state index contributed by atoms with van der Waals surface area (Å²) in [6.45, 7) is 3.45. The zero-order chi connectivity index (χ0) is 19.2. The summed E-state index contributed by atoms with van der Waals surface area (Å²) >= 11 is 0. The van der Waals surface area contributed by atoms with Gasteiger partial charge in [-0.2, -0.15) is 0 Å². The standard InChI is InChI=1S/C20H19N5O2/c1-13-3-5-16(6-4-13)24-19-12-21-18(11-22-19)20(27)25-17-9-7-15(8-10-17)23-14(2)26/h3-12H,1-2H3,(H,22,24)(H,23,26)(H,25,27). The molecule has 3 rings (SSSR count). The normalized spacial score (nSPS) is 10.1. The van der Waals surface area contributed by atoms with Crippen LogP contribution in [0.4, 0.5) is 22.9 Å². The van der Waals surface area contributed by atoms with E-state index in [1.54, 1.807) is 24.3 Å². The first-order valence-electron chi connectivity index (χ1n) is 8.34.